The average molecular weight is 413 g/mol. The number of hydrogen-bond acceptors (Lipinski definition) is 4. The first kappa shape index (κ1) is 19.2. The Labute approximate surface area is 178 Å². The lowest BCUT2D eigenvalue weighted by atomic mass is 9.82. The molecule has 0 atom stereocenters. The van der Waals surface area contributed by atoms with E-state index in [4.69, 9.17) is 0 Å². The van der Waals surface area contributed by atoms with Crippen molar-refractivity contribution in [2.45, 2.75) is 37.6 Å². The molecule has 1 aliphatic carbocycles. The van der Waals surface area contributed by atoms with Gasteiger partial charge in [-0.25, -0.2) is 5.10 Å². The number of rotatable bonds is 4. The molecular formula is C24H23N5O2. The Kier molecular flexibility index (Phi) is 5.08. The zero-order chi connectivity index (χ0) is 21.2. The second-order valence-electron chi connectivity index (χ2n) is 8.06. The Morgan fingerprint density at radius 3 is 2.52 bits per heavy atom. The molecule has 3 N–H and O–H groups in total. The molecule has 0 radical (unpaired) electrons. The summed E-state index contributed by atoms with van der Waals surface area (Å²) in [5.41, 5.74) is 3.26. The number of fused-ring (bicyclic) bond motifs is 1. The number of nitrogens with zero attached hydrogens (tertiary/aromatic N) is 2. The van der Waals surface area contributed by atoms with E-state index in [0.29, 0.717) is 10.9 Å². The highest BCUT2D eigenvalue weighted by molar-refractivity contribution is 5.95. The standard InChI is InChI=1S/C24H23N5O2/c30-23(17-5-3-4-16(14-17)21-12-13-25-27-21)26-18-10-8-15(9-11-18)22-19-6-1-2-7-20(19)24(31)29-28-22/h1-7,12-15,18H,8-11H2,(H,25,27)(H,26,30)(H,29,31). The molecule has 31 heavy (non-hydrogen) atoms. The molecule has 7 heteroatoms. The van der Waals surface area contributed by atoms with Gasteiger partial charge >= 0.3 is 0 Å². The minimum Gasteiger partial charge on any atom is -0.349 e. The van der Waals surface area contributed by atoms with Gasteiger partial charge in [-0.05, 0) is 49.9 Å². The number of hydrogen-bond donors (Lipinski definition) is 3. The van der Waals surface area contributed by atoms with Crippen LogP contribution in [0.25, 0.3) is 22.0 Å². The van der Waals surface area contributed by atoms with Gasteiger partial charge in [0.05, 0.1) is 16.8 Å². The molecule has 7 nitrogen and oxygen atoms in total. The molecule has 0 aliphatic heterocycles. The smallest absolute Gasteiger partial charge is 0.272 e. The van der Waals surface area contributed by atoms with Crippen LogP contribution in [0.5, 0.6) is 0 Å². The van der Waals surface area contributed by atoms with E-state index in [1.807, 2.05) is 54.6 Å². The van der Waals surface area contributed by atoms with Crippen LogP contribution in [0.4, 0.5) is 0 Å². The number of H-pyrrole nitrogens is 2. The van der Waals surface area contributed by atoms with Crippen LogP contribution in [0.15, 0.2) is 65.6 Å². The minimum atomic E-state index is -0.155. The number of nitrogens with one attached hydrogen (secondary N) is 3. The molecule has 0 saturated heterocycles. The zero-order valence-corrected chi connectivity index (χ0v) is 17.0. The van der Waals surface area contributed by atoms with Crippen LogP contribution in [0.2, 0.25) is 0 Å². The van der Waals surface area contributed by atoms with Gasteiger partial charge in [0.2, 0.25) is 0 Å². The maximum Gasteiger partial charge on any atom is 0.272 e. The third-order valence-electron chi connectivity index (χ3n) is 6.11. The van der Waals surface area contributed by atoms with E-state index < -0.39 is 0 Å². The lowest BCUT2D eigenvalue weighted by molar-refractivity contribution is 0.0925. The molecule has 0 spiro atoms. The molecule has 0 unspecified atom stereocenters. The van der Waals surface area contributed by atoms with Crippen LogP contribution in [-0.4, -0.2) is 32.3 Å². The van der Waals surface area contributed by atoms with E-state index in [1.165, 1.54) is 0 Å². The Morgan fingerprint density at radius 2 is 1.74 bits per heavy atom. The van der Waals surface area contributed by atoms with Crippen molar-refractivity contribution in [2.24, 2.45) is 0 Å². The monoisotopic (exact) mass is 413 g/mol. The SMILES string of the molecule is O=C(NC1CCC(c2n[nH]c(=O)c3ccccc23)CC1)c1cccc(-c2ccn[nH]2)c1. The molecule has 4 aromatic rings. The molecule has 1 fully saturated rings. The number of amides is 1. The van der Waals surface area contributed by atoms with E-state index in [0.717, 1.165) is 48.0 Å². The second-order valence-corrected chi connectivity index (χ2v) is 8.06. The van der Waals surface area contributed by atoms with Crippen LogP contribution in [0, 0.1) is 0 Å². The first-order valence-corrected chi connectivity index (χ1v) is 10.6. The highest BCUT2D eigenvalue weighted by Crippen LogP contribution is 2.34. The van der Waals surface area contributed by atoms with Crippen molar-refractivity contribution in [3.05, 3.63) is 82.4 Å². The lowest BCUT2D eigenvalue weighted by Gasteiger charge is -2.29. The van der Waals surface area contributed by atoms with Crippen molar-refractivity contribution in [3.63, 3.8) is 0 Å². The normalized spacial score (nSPS) is 18.7. The first-order chi connectivity index (χ1) is 15.2. The van der Waals surface area contributed by atoms with Crippen LogP contribution in [0.3, 0.4) is 0 Å². The van der Waals surface area contributed by atoms with E-state index in [1.54, 1.807) is 6.20 Å². The van der Waals surface area contributed by atoms with Crippen LogP contribution < -0.4 is 10.9 Å². The summed E-state index contributed by atoms with van der Waals surface area (Å²) in [6.45, 7) is 0. The van der Waals surface area contributed by atoms with Crippen molar-refractivity contribution in [3.8, 4) is 11.3 Å². The molecule has 2 aromatic carbocycles. The summed E-state index contributed by atoms with van der Waals surface area (Å²) in [7, 11) is 0. The molecule has 2 heterocycles. The second kappa shape index (κ2) is 8.18. The molecule has 5 rings (SSSR count). The molecular weight excluding hydrogens is 390 g/mol. The molecule has 2 aromatic heterocycles. The van der Waals surface area contributed by atoms with E-state index in [2.05, 4.69) is 25.7 Å². The number of carbonyl (C=O) groups excluding carboxylic acids is 1. The fourth-order valence-electron chi connectivity index (χ4n) is 4.47. The number of carbonyl (C=O) groups is 1. The Bertz CT molecular complexity index is 1270. The van der Waals surface area contributed by atoms with E-state index in [-0.39, 0.29) is 23.4 Å². The van der Waals surface area contributed by atoms with Crippen molar-refractivity contribution in [1.29, 1.82) is 0 Å². The van der Waals surface area contributed by atoms with Crippen LogP contribution in [0.1, 0.15) is 47.7 Å². The lowest BCUT2D eigenvalue weighted by Crippen LogP contribution is -2.37. The van der Waals surface area contributed by atoms with Gasteiger partial charge in [-0.1, -0.05) is 30.3 Å². The quantitative estimate of drug-likeness (QED) is 0.474. The summed E-state index contributed by atoms with van der Waals surface area (Å²) in [4.78, 5) is 24.9. The predicted octanol–water partition coefficient (Wildman–Crippen LogP) is 3.77. The fraction of sp³-hybridized carbons (Fsp3) is 0.250. The summed E-state index contributed by atoms with van der Waals surface area (Å²) >= 11 is 0. The summed E-state index contributed by atoms with van der Waals surface area (Å²) in [5, 5.41) is 18.7. The van der Waals surface area contributed by atoms with Gasteiger partial charge in [-0.3, -0.25) is 14.7 Å². The minimum absolute atomic E-state index is 0.0579. The summed E-state index contributed by atoms with van der Waals surface area (Å²) in [6.07, 6.45) is 5.29. The highest BCUT2D eigenvalue weighted by atomic mass is 16.1. The zero-order valence-electron chi connectivity index (χ0n) is 17.0. The third-order valence-corrected chi connectivity index (χ3v) is 6.11. The topological polar surface area (TPSA) is 104 Å². The summed E-state index contributed by atoms with van der Waals surface area (Å²) in [5.74, 6) is 0.219. The van der Waals surface area contributed by atoms with Crippen molar-refractivity contribution in [1.82, 2.24) is 25.7 Å². The van der Waals surface area contributed by atoms with Gasteiger partial charge < -0.3 is 5.32 Å². The fourth-order valence-corrected chi connectivity index (χ4v) is 4.47. The largest absolute Gasteiger partial charge is 0.349 e. The Hall–Kier alpha value is -3.74. The summed E-state index contributed by atoms with van der Waals surface area (Å²) in [6, 6.07) is 17.2. The molecule has 156 valence electrons. The van der Waals surface area contributed by atoms with Crippen molar-refractivity contribution >= 4 is 16.7 Å². The van der Waals surface area contributed by atoms with Crippen LogP contribution >= 0.6 is 0 Å². The maximum atomic E-state index is 12.8. The van der Waals surface area contributed by atoms with E-state index >= 15 is 0 Å². The highest BCUT2D eigenvalue weighted by Gasteiger charge is 2.26. The molecule has 1 aliphatic rings. The Morgan fingerprint density at radius 1 is 0.935 bits per heavy atom. The molecule has 1 saturated carbocycles. The average Bonchev–Trinajstić information content (AvgIpc) is 3.36. The van der Waals surface area contributed by atoms with Crippen molar-refractivity contribution in [2.75, 3.05) is 0 Å². The molecule has 1 amide bonds. The van der Waals surface area contributed by atoms with Gasteiger partial charge in [0.15, 0.2) is 0 Å². The summed E-state index contributed by atoms with van der Waals surface area (Å²) < 4.78 is 0. The maximum absolute atomic E-state index is 12.8. The number of aromatic nitrogens is 4. The van der Waals surface area contributed by atoms with E-state index in [9.17, 15) is 9.59 Å². The van der Waals surface area contributed by atoms with Crippen molar-refractivity contribution < 1.29 is 4.79 Å². The van der Waals surface area contributed by atoms with Gasteiger partial charge in [-0.15, -0.1) is 0 Å². The van der Waals surface area contributed by atoms with Gasteiger partial charge in [0.25, 0.3) is 11.5 Å². The Balaban J connectivity index is 1.26. The predicted molar refractivity (Wildman–Crippen MR) is 119 cm³/mol. The van der Waals surface area contributed by atoms with Crippen LogP contribution in [-0.2, 0) is 0 Å². The van der Waals surface area contributed by atoms with Gasteiger partial charge in [-0.2, -0.15) is 10.2 Å². The van der Waals surface area contributed by atoms with Gasteiger partial charge in [0, 0.05) is 34.7 Å². The number of aromatic amines is 2. The third kappa shape index (κ3) is 3.86. The number of benzene rings is 2. The first-order valence-electron chi connectivity index (χ1n) is 10.6. The molecule has 0 bridgehead atoms. The van der Waals surface area contributed by atoms with Gasteiger partial charge in [0.1, 0.15) is 0 Å².